The van der Waals surface area contributed by atoms with Gasteiger partial charge >= 0.3 is 0 Å². The minimum absolute atomic E-state index is 0.287. The van der Waals surface area contributed by atoms with Crippen LogP contribution >= 0.6 is 23.2 Å². The zero-order chi connectivity index (χ0) is 18.5. The van der Waals surface area contributed by atoms with Gasteiger partial charge in [-0.15, -0.1) is 0 Å². The molecule has 3 rings (SSSR count). The Morgan fingerprint density at radius 2 is 1.96 bits per heavy atom. The minimum Gasteiger partial charge on any atom is -0.497 e. The third-order valence-electron chi connectivity index (χ3n) is 3.54. The normalized spacial score (nSPS) is 10.9. The van der Waals surface area contributed by atoms with Crippen LogP contribution in [0.2, 0.25) is 10.0 Å². The van der Waals surface area contributed by atoms with Crippen LogP contribution in [-0.4, -0.2) is 29.4 Å². The number of methoxy groups -OCH3 is 1. The molecule has 0 spiro atoms. The Balaban J connectivity index is 1.66. The summed E-state index contributed by atoms with van der Waals surface area (Å²) >= 11 is 11.9. The van der Waals surface area contributed by atoms with Gasteiger partial charge in [-0.2, -0.15) is 10.2 Å². The smallest absolute Gasteiger partial charge is 0.289 e. The lowest BCUT2D eigenvalue weighted by Gasteiger charge is -2.00. The molecule has 0 fully saturated rings. The molecule has 0 atom stereocenters. The number of benzene rings is 2. The molecule has 1 heterocycles. The Morgan fingerprint density at radius 3 is 2.65 bits per heavy atom. The summed E-state index contributed by atoms with van der Waals surface area (Å²) in [6.07, 6.45) is 1.44. The summed E-state index contributed by atoms with van der Waals surface area (Å²) in [4.78, 5) is 12.1. The number of hydrazone groups is 1. The summed E-state index contributed by atoms with van der Waals surface area (Å²) in [7, 11) is 1.60. The molecule has 1 aromatic heterocycles. The first-order chi connectivity index (χ1) is 12.6. The van der Waals surface area contributed by atoms with Gasteiger partial charge in [0.15, 0.2) is 0 Å². The first-order valence-electron chi connectivity index (χ1n) is 7.55. The molecule has 2 N–H and O–H groups in total. The summed E-state index contributed by atoms with van der Waals surface area (Å²) in [6, 6.07) is 14.0. The Bertz CT molecular complexity index is 952. The molecule has 0 bridgehead atoms. The SMILES string of the molecule is COc1ccc(-c2cc(C(=O)N/N=C\c3ccc(Cl)cc3Cl)[nH]n2)cc1. The van der Waals surface area contributed by atoms with Gasteiger partial charge in [0.25, 0.3) is 5.91 Å². The van der Waals surface area contributed by atoms with E-state index < -0.39 is 5.91 Å². The summed E-state index contributed by atoms with van der Waals surface area (Å²) in [5.74, 6) is 0.330. The van der Waals surface area contributed by atoms with E-state index in [1.165, 1.54) is 6.21 Å². The van der Waals surface area contributed by atoms with Crippen LogP contribution in [0.15, 0.2) is 53.6 Å². The van der Waals surface area contributed by atoms with E-state index in [9.17, 15) is 4.79 Å². The third-order valence-corrected chi connectivity index (χ3v) is 4.10. The highest BCUT2D eigenvalue weighted by Crippen LogP contribution is 2.21. The molecule has 132 valence electrons. The number of hydrogen-bond donors (Lipinski definition) is 2. The first-order valence-corrected chi connectivity index (χ1v) is 8.30. The predicted octanol–water partition coefficient (Wildman–Crippen LogP) is 4.16. The number of aromatic amines is 1. The largest absolute Gasteiger partial charge is 0.497 e. The van der Waals surface area contributed by atoms with Crippen LogP contribution in [0, 0.1) is 0 Å². The van der Waals surface area contributed by atoms with E-state index in [4.69, 9.17) is 27.9 Å². The Kier molecular flexibility index (Phi) is 5.55. The van der Waals surface area contributed by atoms with E-state index in [-0.39, 0.29) is 5.69 Å². The molecule has 0 radical (unpaired) electrons. The fourth-order valence-electron chi connectivity index (χ4n) is 2.17. The second-order valence-electron chi connectivity index (χ2n) is 5.26. The van der Waals surface area contributed by atoms with E-state index in [2.05, 4.69) is 20.7 Å². The lowest BCUT2D eigenvalue weighted by Crippen LogP contribution is -2.18. The Hall–Kier alpha value is -2.83. The maximum Gasteiger partial charge on any atom is 0.289 e. The van der Waals surface area contributed by atoms with Gasteiger partial charge < -0.3 is 4.74 Å². The first kappa shape index (κ1) is 18.0. The van der Waals surface area contributed by atoms with Gasteiger partial charge in [0.2, 0.25) is 0 Å². The second kappa shape index (κ2) is 8.03. The number of rotatable bonds is 5. The van der Waals surface area contributed by atoms with Crippen molar-refractivity contribution in [1.29, 1.82) is 0 Å². The number of aromatic nitrogens is 2. The molecule has 0 aliphatic heterocycles. The molecule has 6 nitrogen and oxygen atoms in total. The average molecular weight is 389 g/mol. The van der Waals surface area contributed by atoms with Gasteiger partial charge in [0.05, 0.1) is 24.0 Å². The molecule has 26 heavy (non-hydrogen) atoms. The summed E-state index contributed by atoms with van der Waals surface area (Å²) in [6.45, 7) is 0. The number of H-pyrrole nitrogens is 1. The van der Waals surface area contributed by atoms with Gasteiger partial charge in [0, 0.05) is 16.1 Å². The van der Waals surface area contributed by atoms with Crippen molar-refractivity contribution in [1.82, 2.24) is 15.6 Å². The van der Waals surface area contributed by atoms with Crippen molar-refractivity contribution >= 4 is 35.3 Å². The van der Waals surface area contributed by atoms with E-state index in [0.29, 0.717) is 21.3 Å². The van der Waals surface area contributed by atoms with Crippen LogP contribution in [0.25, 0.3) is 11.3 Å². The van der Waals surface area contributed by atoms with Gasteiger partial charge in [-0.3, -0.25) is 9.89 Å². The zero-order valence-electron chi connectivity index (χ0n) is 13.7. The highest BCUT2D eigenvalue weighted by molar-refractivity contribution is 6.36. The summed E-state index contributed by atoms with van der Waals surface area (Å²) in [5, 5.41) is 11.7. The molecule has 0 saturated carbocycles. The number of nitrogens with one attached hydrogen (secondary N) is 2. The van der Waals surface area contributed by atoms with E-state index >= 15 is 0 Å². The minimum atomic E-state index is -0.418. The van der Waals surface area contributed by atoms with Crippen molar-refractivity contribution in [2.75, 3.05) is 7.11 Å². The quantitative estimate of drug-likeness (QED) is 0.508. The van der Waals surface area contributed by atoms with Crippen molar-refractivity contribution in [2.45, 2.75) is 0 Å². The van der Waals surface area contributed by atoms with Gasteiger partial charge in [-0.25, -0.2) is 5.43 Å². The molecule has 2 aromatic carbocycles. The van der Waals surface area contributed by atoms with Crippen LogP contribution < -0.4 is 10.2 Å². The fourth-order valence-corrected chi connectivity index (χ4v) is 2.63. The Labute approximate surface area is 159 Å². The third kappa shape index (κ3) is 4.22. The van der Waals surface area contributed by atoms with Crippen LogP contribution in [0.3, 0.4) is 0 Å². The van der Waals surface area contributed by atoms with Crippen molar-refractivity contribution in [3.63, 3.8) is 0 Å². The number of amides is 1. The maximum atomic E-state index is 12.1. The van der Waals surface area contributed by atoms with Crippen LogP contribution in [-0.2, 0) is 0 Å². The number of carbonyl (C=O) groups excluding carboxylic acids is 1. The lowest BCUT2D eigenvalue weighted by atomic mass is 10.1. The zero-order valence-corrected chi connectivity index (χ0v) is 15.2. The molecular formula is C18H14Cl2N4O2. The van der Waals surface area contributed by atoms with Gasteiger partial charge in [-0.1, -0.05) is 29.3 Å². The highest BCUT2D eigenvalue weighted by Gasteiger charge is 2.10. The van der Waals surface area contributed by atoms with Crippen LogP contribution in [0.1, 0.15) is 16.1 Å². The predicted molar refractivity (Wildman–Crippen MR) is 102 cm³/mol. The lowest BCUT2D eigenvalue weighted by molar-refractivity contribution is 0.0950. The summed E-state index contributed by atoms with van der Waals surface area (Å²) in [5.41, 5.74) is 4.85. The maximum absolute atomic E-state index is 12.1. The fraction of sp³-hybridized carbons (Fsp3) is 0.0556. The van der Waals surface area contributed by atoms with Crippen molar-refractivity contribution in [3.05, 3.63) is 69.8 Å². The van der Waals surface area contributed by atoms with Crippen molar-refractivity contribution in [2.24, 2.45) is 5.10 Å². The van der Waals surface area contributed by atoms with Crippen LogP contribution in [0.4, 0.5) is 0 Å². The van der Waals surface area contributed by atoms with E-state index in [1.807, 2.05) is 24.3 Å². The van der Waals surface area contributed by atoms with Crippen LogP contribution in [0.5, 0.6) is 5.75 Å². The van der Waals surface area contributed by atoms with E-state index in [0.717, 1.165) is 11.3 Å². The molecule has 8 heteroatoms. The summed E-state index contributed by atoms with van der Waals surface area (Å²) < 4.78 is 5.12. The van der Waals surface area contributed by atoms with Gasteiger partial charge in [-0.05, 0) is 42.5 Å². The molecule has 0 saturated heterocycles. The molecule has 0 aliphatic rings. The Morgan fingerprint density at radius 1 is 1.19 bits per heavy atom. The number of halogens is 2. The molecule has 0 unspecified atom stereocenters. The average Bonchev–Trinajstić information content (AvgIpc) is 3.14. The van der Waals surface area contributed by atoms with Gasteiger partial charge in [0.1, 0.15) is 11.4 Å². The highest BCUT2D eigenvalue weighted by atomic mass is 35.5. The topological polar surface area (TPSA) is 79.4 Å². The number of ether oxygens (including phenoxy) is 1. The molecule has 0 aliphatic carbocycles. The van der Waals surface area contributed by atoms with Crippen molar-refractivity contribution in [3.8, 4) is 17.0 Å². The molecular weight excluding hydrogens is 375 g/mol. The number of carbonyl (C=O) groups is 1. The van der Waals surface area contributed by atoms with E-state index in [1.54, 1.807) is 31.4 Å². The van der Waals surface area contributed by atoms with Crippen molar-refractivity contribution < 1.29 is 9.53 Å². The standard InChI is InChI=1S/C18H14Cl2N4O2/c1-26-14-6-3-11(4-7-14)16-9-17(23-22-16)18(25)24-21-10-12-2-5-13(19)8-15(12)20/h2-10H,1H3,(H,22,23)(H,24,25)/b21-10-. The number of nitrogens with zero attached hydrogens (tertiary/aromatic N) is 2. The second-order valence-corrected chi connectivity index (χ2v) is 6.10. The monoisotopic (exact) mass is 388 g/mol. The molecule has 1 amide bonds. The molecule has 3 aromatic rings. The number of hydrogen-bond acceptors (Lipinski definition) is 4.